The van der Waals surface area contributed by atoms with Crippen molar-refractivity contribution in [3.63, 3.8) is 0 Å². The van der Waals surface area contributed by atoms with Crippen molar-refractivity contribution in [2.75, 3.05) is 0 Å². The van der Waals surface area contributed by atoms with E-state index in [1.807, 2.05) is 12.1 Å². The fraction of sp³-hybridized carbons (Fsp3) is 0.286. The predicted molar refractivity (Wildman–Crippen MR) is 76.0 cm³/mol. The third-order valence-electron chi connectivity index (χ3n) is 2.86. The van der Waals surface area contributed by atoms with E-state index in [1.54, 1.807) is 23.5 Å². The molecular weight excluding hydrogens is 288 g/mol. The first-order valence-corrected chi connectivity index (χ1v) is 7.11. The second kappa shape index (κ2) is 6.46. The van der Waals surface area contributed by atoms with Crippen LogP contribution < -0.4 is 5.32 Å². The molecule has 2 rings (SSSR count). The largest absolute Gasteiger partial charge is 0.305 e. The number of thiophene rings is 1. The Hall–Kier alpha value is -0.970. The van der Waals surface area contributed by atoms with Crippen molar-refractivity contribution in [3.8, 4) is 0 Å². The van der Waals surface area contributed by atoms with Crippen molar-refractivity contribution in [1.29, 1.82) is 0 Å². The van der Waals surface area contributed by atoms with Crippen molar-refractivity contribution in [2.24, 2.45) is 0 Å². The lowest BCUT2D eigenvalue weighted by Gasteiger charge is -2.12. The molecule has 2 aromatic rings. The highest BCUT2D eigenvalue weighted by molar-refractivity contribution is 7.16. The van der Waals surface area contributed by atoms with Crippen molar-refractivity contribution in [3.05, 3.63) is 56.7 Å². The van der Waals surface area contributed by atoms with Crippen LogP contribution in [0.1, 0.15) is 35.4 Å². The molecule has 102 valence electrons. The van der Waals surface area contributed by atoms with Gasteiger partial charge in [0, 0.05) is 23.0 Å². The summed E-state index contributed by atoms with van der Waals surface area (Å²) < 4.78 is 25.6. The average Bonchev–Trinajstić information content (AvgIpc) is 2.83. The maximum atomic E-state index is 12.4. The molecule has 0 fully saturated rings. The zero-order chi connectivity index (χ0) is 13.8. The minimum Gasteiger partial charge on any atom is -0.305 e. The number of hydrogen-bond donors (Lipinski definition) is 1. The van der Waals surface area contributed by atoms with Crippen LogP contribution in [0.3, 0.4) is 0 Å². The van der Waals surface area contributed by atoms with Gasteiger partial charge in [-0.15, -0.1) is 11.3 Å². The van der Waals surface area contributed by atoms with Gasteiger partial charge in [0.15, 0.2) is 0 Å². The number of benzene rings is 1. The lowest BCUT2D eigenvalue weighted by molar-refractivity contribution is 0.151. The molecule has 1 atom stereocenters. The molecule has 0 radical (unpaired) electrons. The van der Waals surface area contributed by atoms with Gasteiger partial charge in [-0.1, -0.05) is 35.9 Å². The second-order valence-corrected chi connectivity index (χ2v) is 6.03. The predicted octanol–water partition coefficient (Wildman–Crippen LogP) is 5.19. The third-order valence-corrected chi connectivity index (χ3v) is 4.28. The summed E-state index contributed by atoms with van der Waals surface area (Å²) in [6, 6.07) is 10.4. The molecule has 1 heterocycles. The van der Waals surface area contributed by atoms with Crippen LogP contribution in [-0.4, -0.2) is 0 Å². The molecule has 0 bridgehead atoms. The molecule has 0 spiro atoms. The van der Waals surface area contributed by atoms with E-state index in [2.05, 4.69) is 12.2 Å². The summed E-state index contributed by atoms with van der Waals surface area (Å²) in [5.41, 5.74) is 1.04. The van der Waals surface area contributed by atoms with E-state index in [4.69, 9.17) is 11.6 Å². The molecule has 0 saturated heterocycles. The van der Waals surface area contributed by atoms with Crippen molar-refractivity contribution in [2.45, 2.75) is 25.9 Å². The van der Waals surface area contributed by atoms with E-state index in [0.717, 1.165) is 14.8 Å². The molecule has 1 nitrogen and oxygen atoms in total. The van der Waals surface area contributed by atoms with Crippen molar-refractivity contribution < 1.29 is 8.78 Å². The average molecular weight is 302 g/mol. The van der Waals surface area contributed by atoms with Crippen LogP contribution in [0, 0.1) is 0 Å². The minimum absolute atomic E-state index is 0.0573. The van der Waals surface area contributed by atoms with Gasteiger partial charge in [0.25, 0.3) is 6.43 Å². The summed E-state index contributed by atoms with van der Waals surface area (Å²) in [4.78, 5) is 1.16. The summed E-state index contributed by atoms with van der Waals surface area (Å²) >= 11 is 7.43. The van der Waals surface area contributed by atoms with E-state index in [-0.39, 0.29) is 11.6 Å². The zero-order valence-corrected chi connectivity index (χ0v) is 11.9. The normalized spacial score (nSPS) is 12.9. The Morgan fingerprint density at radius 1 is 1.16 bits per heavy atom. The molecule has 1 aromatic heterocycles. The summed E-state index contributed by atoms with van der Waals surface area (Å²) in [7, 11) is 0. The van der Waals surface area contributed by atoms with Crippen molar-refractivity contribution in [1.82, 2.24) is 5.32 Å². The van der Waals surface area contributed by atoms with Gasteiger partial charge in [-0.2, -0.15) is 0 Å². The molecule has 0 saturated carbocycles. The molecular formula is C14H14ClF2NS. The van der Waals surface area contributed by atoms with Crippen LogP contribution in [-0.2, 0) is 6.54 Å². The highest BCUT2D eigenvalue weighted by Crippen LogP contribution is 2.27. The van der Waals surface area contributed by atoms with Crippen molar-refractivity contribution >= 4 is 22.9 Å². The van der Waals surface area contributed by atoms with Gasteiger partial charge in [0.05, 0.1) is 4.34 Å². The molecule has 1 aromatic carbocycles. The summed E-state index contributed by atoms with van der Waals surface area (Å²) in [5.74, 6) is 0. The molecule has 0 amide bonds. The molecule has 0 aliphatic heterocycles. The van der Waals surface area contributed by atoms with E-state index in [1.165, 1.54) is 12.1 Å². The summed E-state index contributed by atoms with van der Waals surface area (Å²) in [6.45, 7) is 2.69. The first-order chi connectivity index (χ1) is 9.06. The Labute approximate surface area is 120 Å². The zero-order valence-electron chi connectivity index (χ0n) is 10.4. The van der Waals surface area contributed by atoms with Gasteiger partial charge in [-0.25, -0.2) is 8.78 Å². The third kappa shape index (κ3) is 4.00. The second-order valence-electron chi connectivity index (χ2n) is 4.29. The lowest BCUT2D eigenvalue weighted by Crippen LogP contribution is -2.17. The number of nitrogens with one attached hydrogen (secondary N) is 1. The highest BCUT2D eigenvalue weighted by atomic mass is 35.5. The SMILES string of the molecule is CC(NCc1ccc(C(F)F)cc1)c1ccc(Cl)s1. The van der Waals surface area contributed by atoms with Gasteiger partial charge >= 0.3 is 0 Å². The first kappa shape index (κ1) is 14.4. The lowest BCUT2D eigenvalue weighted by atomic mass is 10.1. The number of alkyl halides is 2. The smallest absolute Gasteiger partial charge is 0.263 e. The molecule has 1 N–H and O–H groups in total. The van der Waals surface area contributed by atoms with Crippen LogP contribution in [0.15, 0.2) is 36.4 Å². The Morgan fingerprint density at radius 2 is 1.84 bits per heavy atom. The van der Waals surface area contributed by atoms with Crippen LogP contribution in [0.4, 0.5) is 8.78 Å². The van der Waals surface area contributed by atoms with E-state index in [9.17, 15) is 8.78 Å². The molecule has 0 aliphatic rings. The molecule has 5 heteroatoms. The number of halogens is 3. The van der Waals surface area contributed by atoms with Gasteiger partial charge in [0.2, 0.25) is 0 Å². The Kier molecular flexibility index (Phi) is 4.91. The van der Waals surface area contributed by atoms with Gasteiger partial charge < -0.3 is 5.32 Å². The summed E-state index contributed by atoms with van der Waals surface area (Å²) in [5, 5.41) is 3.34. The fourth-order valence-corrected chi connectivity index (χ4v) is 2.80. The fourth-order valence-electron chi connectivity index (χ4n) is 1.71. The quantitative estimate of drug-likeness (QED) is 0.801. The molecule has 19 heavy (non-hydrogen) atoms. The highest BCUT2D eigenvalue weighted by Gasteiger charge is 2.09. The Bertz CT molecular complexity index is 524. The maximum Gasteiger partial charge on any atom is 0.263 e. The van der Waals surface area contributed by atoms with Crippen LogP contribution in [0.5, 0.6) is 0 Å². The molecule has 0 aliphatic carbocycles. The van der Waals surface area contributed by atoms with E-state index >= 15 is 0 Å². The van der Waals surface area contributed by atoms with Crippen LogP contribution in [0.2, 0.25) is 4.34 Å². The standard InChI is InChI=1S/C14H14ClF2NS/c1-9(12-6-7-13(15)19-12)18-8-10-2-4-11(5-3-10)14(16)17/h2-7,9,14,18H,8H2,1H3. The van der Waals surface area contributed by atoms with Gasteiger partial charge in [-0.3, -0.25) is 0 Å². The molecule has 1 unspecified atom stereocenters. The number of hydrogen-bond acceptors (Lipinski definition) is 2. The minimum atomic E-state index is -2.41. The topological polar surface area (TPSA) is 12.0 Å². The maximum absolute atomic E-state index is 12.4. The summed E-state index contributed by atoms with van der Waals surface area (Å²) in [6.07, 6.45) is -2.41. The van der Waals surface area contributed by atoms with E-state index < -0.39 is 6.43 Å². The van der Waals surface area contributed by atoms with Crippen LogP contribution in [0.25, 0.3) is 0 Å². The van der Waals surface area contributed by atoms with Gasteiger partial charge in [-0.05, 0) is 24.6 Å². The van der Waals surface area contributed by atoms with Crippen LogP contribution >= 0.6 is 22.9 Å². The Balaban J connectivity index is 1.91. The number of rotatable bonds is 5. The monoisotopic (exact) mass is 301 g/mol. The Morgan fingerprint density at radius 3 is 2.37 bits per heavy atom. The first-order valence-electron chi connectivity index (χ1n) is 5.92. The van der Waals surface area contributed by atoms with Gasteiger partial charge in [0.1, 0.15) is 0 Å². The van der Waals surface area contributed by atoms with E-state index in [0.29, 0.717) is 6.54 Å².